The molecule has 0 heterocycles. The number of hydrogen-bond donors (Lipinski definition) is 2. The van der Waals surface area contributed by atoms with E-state index in [1.54, 1.807) is 0 Å². The SMILES string of the molecule is CCOC(=O)[C@]1(C)CCC[C@@]2(C)[C@@H]3CC[C@@]4(C)C[C@]3(CC[C@@H]21)[C@H](CO)[C@@H]4N. The Balaban J connectivity index is 1.74. The van der Waals surface area contributed by atoms with Crippen LogP contribution >= 0.6 is 0 Å². The van der Waals surface area contributed by atoms with Gasteiger partial charge in [-0.05, 0) is 86.9 Å². The molecule has 8 atom stereocenters. The number of nitrogens with two attached hydrogens (primary N) is 1. The summed E-state index contributed by atoms with van der Waals surface area (Å²) in [7, 11) is 0. The van der Waals surface area contributed by atoms with Gasteiger partial charge in [0.1, 0.15) is 0 Å². The summed E-state index contributed by atoms with van der Waals surface area (Å²) in [5.41, 5.74) is 6.86. The fraction of sp³-hybridized carbons (Fsp3) is 0.957. The second-order valence-corrected chi connectivity index (χ2v) is 11.1. The lowest BCUT2D eigenvalue weighted by Crippen LogP contribution is -2.60. The van der Waals surface area contributed by atoms with Crippen molar-refractivity contribution in [2.45, 2.75) is 85.1 Å². The van der Waals surface area contributed by atoms with E-state index in [1.807, 2.05) is 6.92 Å². The first kappa shape index (κ1) is 19.7. The van der Waals surface area contributed by atoms with Crippen LogP contribution in [0.1, 0.15) is 79.1 Å². The highest BCUT2D eigenvalue weighted by molar-refractivity contribution is 5.77. The Morgan fingerprint density at radius 1 is 1.11 bits per heavy atom. The normalized spacial score (nSPS) is 54.1. The molecule has 4 rings (SSSR count). The van der Waals surface area contributed by atoms with Gasteiger partial charge >= 0.3 is 5.97 Å². The van der Waals surface area contributed by atoms with Gasteiger partial charge in [-0.25, -0.2) is 0 Å². The van der Waals surface area contributed by atoms with Crippen LogP contribution in [-0.2, 0) is 9.53 Å². The highest BCUT2D eigenvalue weighted by atomic mass is 16.5. The molecule has 0 unspecified atom stereocenters. The lowest BCUT2D eigenvalue weighted by molar-refractivity contribution is -0.193. The Labute approximate surface area is 164 Å². The largest absolute Gasteiger partial charge is 0.466 e. The zero-order valence-electron chi connectivity index (χ0n) is 17.7. The molecule has 3 N–H and O–H groups in total. The molecule has 0 radical (unpaired) electrons. The van der Waals surface area contributed by atoms with Crippen molar-refractivity contribution in [3.8, 4) is 0 Å². The van der Waals surface area contributed by atoms with Crippen LogP contribution in [0, 0.1) is 39.4 Å². The molecule has 154 valence electrons. The summed E-state index contributed by atoms with van der Waals surface area (Å²) in [6, 6.07) is 0.104. The number of fused-ring (bicyclic) bond motifs is 3. The number of carbonyl (C=O) groups is 1. The first-order valence-corrected chi connectivity index (χ1v) is 11.2. The van der Waals surface area contributed by atoms with Crippen molar-refractivity contribution in [2.24, 2.45) is 45.1 Å². The van der Waals surface area contributed by atoms with Crippen molar-refractivity contribution < 1.29 is 14.6 Å². The summed E-state index contributed by atoms with van der Waals surface area (Å²) in [4.78, 5) is 13.0. The summed E-state index contributed by atoms with van der Waals surface area (Å²) < 4.78 is 5.55. The highest BCUT2D eigenvalue weighted by Gasteiger charge is 2.70. The maximum Gasteiger partial charge on any atom is 0.312 e. The first-order chi connectivity index (χ1) is 12.7. The summed E-state index contributed by atoms with van der Waals surface area (Å²) >= 11 is 0. The second-order valence-electron chi connectivity index (χ2n) is 11.1. The van der Waals surface area contributed by atoms with Gasteiger partial charge in [0, 0.05) is 18.6 Å². The maximum absolute atomic E-state index is 13.0. The number of ether oxygens (including phenoxy) is 1. The van der Waals surface area contributed by atoms with Crippen LogP contribution in [0.5, 0.6) is 0 Å². The molecule has 4 aliphatic carbocycles. The van der Waals surface area contributed by atoms with Crippen LogP contribution < -0.4 is 5.73 Å². The van der Waals surface area contributed by atoms with Gasteiger partial charge in [-0.3, -0.25) is 4.79 Å². The smallest absolute Gasteiger partial charge is 0.312 e. The molecule has 0 aromatic carbocycles. The van der Waals surface area contributed by atoms with E-state index < -0.39 is 0 Å². The minimum absolute atomic E-state index is 0.0133. The van der Waals surface area contributed by atoms with Gasteiger partial charge < -0.3 is 15.6 Å². The van der Waals surface area contributed by atoms with Crippen LogP contribution in [0.25, 0.3) is 0 Å². The van der Waals surface area contributed by atoms with Gasteiger partial charge in [0.05, 0.1) is 12.0 Å². The van der Waals surface area contributed by atoms with Crippen molar-refractivity contribution >= 4 is 5.97 Å². The molecule has 0 saturated heterocycles. The quantitative estimate of drug-likeness (QED) is 0.732. The Hall–Kier alpha value is -0.610. The molecule has 0 aromatic heterocycles. The van der Waals surface area contributed by atoms with E-state index in [-0.39, 0.29) is 46.2 Å². The molecule has 4 heteroatoms. The zero-order chi connectivity index (χ0) is 19.7. The zero-order valence-corrected chi connectivity index (χ0v) is 17.7. The van der Waals surface area contributed by atoms with Crippen molar-refractivity contribution in [2.75, 3.05) is 13.2 Å². The van der Waals surface area contributed by atoms with E-state index in [2.05, 4.69) is 20.8 Å². The fourth-order valence-electron chi connectivity index (χ4n) is 8.90. The van der Waals surface area contributed by atoms with Gasteiger partial charge in [0.25, 0.3) is 0 Å². The van der Waals surface area contributed by atoms with E-state index in [0.29, 0.717) is 18.4 Å². The Morgan fingerprint density at radius 2 is 1.81 bits per heavy atom. The molecular formula is C23H39NO3. The third kappa shape index (κ3) is 2.38. The molecule has 1 spiro atoms. The molecule has 0 amide bonds. The molecule has 27 heavy (non-hydrogen) atoms. The molecule has 0 aromatic rings. The summed E-state index contributed by atoms with van der Waals surface area (Å²) in [6.07, 6.45) is 8.96. The van der Waals surface area contributed by atoms with E-state index in [1.165, 1.54) is 12.8 Å². The molecule has 0 aliphatic heterocycles. The monoisotopic (exact) mass is 377 g/mol. The van der Waals surface area contributed by atoms with Crippen molar-refractivity contribution in [1.29, 1.82) is 0 Å². The maximum atomic E-state index is 13.0. The van der Waals surface area contributed by atoms with E-state index in [4.69, 9.17) is 10.5 Å². The van der Waals surface area contributed by atoms with Crippen LogP contribution in [0.4, 0.5) is 0 Å². The number of rotatable bonds is 3. The van der Waals surface area contributed by atoms with Gasteiger partial charge in [-0.15, -0.1) is 0 Å². The number of esters is 1. The number of aliphatic hydroxyl groups excluding tert-OH is 1. The molecule has 4 nitrogen and oxygen atoms in total. The standard InChI is InChI=1S/C23H39NO3/c1-5-27-19(26)22(4)10-6-9-21(3)16(22)8-12-23-14-20(2,11-7-17(21)23)18(24)15(23)13-25/h15-18,25H,5-14,24H2,1-4H3/t15-,16+,17+,18+,20+,21-,22-,23-/m1/s1. The highest BCUT2D eigenvalue weighted by Crippen LogP contribution is 2.74. The van der Waals surface area contributed by atoms with E-state index in [0.717, 1.165) is 38.5 Å². The van der Waals surface area contributed by atoms with E-state index >= 15 is 0 Å². The van der Waals surface area contributed by atoms with Crippen LogP contribution in [0.15, 0.2) is 0 Å². The average molecular weight is 378 g/mol. The lowest BCUT2D eigenvalue weighted by Gasteiger charge is -2.65. The Kier molecular flexibility index (Phi) is 4.52. The summed E-state index contributed by atoms with van der Waals surface area (Å²) in [5, 5.41) is 10.3. The van der Waals surface area contributed by atoms with Crippen molar-refractivity contribution in [3.63, 3.8) is 0 Å². The van der Waals surface area contributed by atoms with Crippen LogP contribution in [-0.4, -0.2) is 30.3 Å². The average Bonchev–Trinajstić information content (AvgIpc) is 2.76. The Morgan fingerprint density at radius 3 is 2.48 bits per heavy atom. The molecule has 4 aliphatic rings. The predicted octanol–water partition coefficient (Wildman–Crippen LogP) is 3.90. The molecular weight excluding hydrogens is 338 g/mol. The van der Waals surface area contributed by atoms with Gasteiger partial charge in [0.2, 0.25) is 0 Å². The summed E-state index contributed by atoms with van der Waals surface area (Å²) in [5.74, 6) is 1.17. The third-order valence-electron chi connectivity index (χ3n) is 10.0. The second kappa shape index (κ2) is 6.19. The number of aliphatic hydroxyl groups is 1. The first-order valence-electron chi connectivity index (χ1n) is 11.2. The topological polar surface area (TPSA) is 72.5 Å². The van der Waals surface area contributed by atoms with E-state index in [9.17, 15) is 9.90 Å². The lowest BCUT2D eigenvalue weighted by atomic mass is 9.39. The third-order valence-corrected chi connectivity index (χ3v) is 10.0. The number of carbonyl (C=O) groups excluding carboxylic acids is 1. The molecule has 4 saturated carbocycles. The minimum Gasteiger partial charge on any atom is -0.466 e. The van der Waals surface area contributed by atoms with Crippen LogP contribution in [0.3, 0.4) is 0 Å². The fourth-order valence-corrected chi connectivity index (χ4v) is 8.90. The predicted molar refractivity (Wildman–Crippen MR) is 106 cm³/mol. The molecule has 2 bridgehead atoms. The number of hydrogen-bond acceptors (Lipinski definition) is 4. The van der Waals surface area contributed by atoms with Crippen molar-refractivity contribution in [1.82, 2.24) is 0 Å². The van der Waals surface area contributed by atoms with Gasteiger partial charge in [0.15, 0.2) is 0 Å². The summed E-state index contributed by atoms with van der Waals surface area (Å²) in [6.45, 7) is 9.56. The Bertz CT molecular complexity index is 623. The molecule has 4 fully saturated rings. The van der Waals surface area contributed by atoms with Crippen LogP contribution in [0.2, 0.25) is 0 Å². The van der Waals surface area contributed by atoms with Gasteiger partial charge in [-0.2, -0.15) is 0 Å². The minimum atomic E-state index is -0.360. The van der Waals surface area contributed by atoms with Crippen molar-refractivity contribution in [3.05, 3.63) is 0 Å². The van der Waals surface area contributed by atoms with Gasteiger partial charge in [-0.1, -0.05) is 20.3 Å².